The maximum absolute atomic E-state index is 12.0. The first-order valence-electron chi connectivity index (χ1n) is 9.69. The topological polar surface area (TPSA) is 62.6 Å². The second kappa shape index (κ2) is 8.49. The van der Waals surface area contributed by atoms with Crippen molar-refractivity contribution in [3.63, 3.8) is 0 Å². The molecule has 0 bridgehead atoms. The molecule has 2 heterocycles. The van der Waals surface area contributed by atoms with Crippen molar-refractivity contribution in [1.29, 1.82) is 0 Å². The van der Waals surface area contributed by atoms with Crippen LogP contribution in [0.15, 0.2) is 54.6 Å². The fourth-order valence-electron chi connectivity index (χ4n) is 3.41. The molecule has 6 nitrogen and oxygen atoms in total. The van der Waals surface area contributed by atoms with Gasteiger partial charge in [-0.1, -0.05) is 30.3 Å². The number of carbonyl (C=O) groups excluding carboxylic acids is 1. The Kier molecular flexibility index (Phi) is 5.62. The van der Waals surface area contributed by atoms with Gasteiger partial charge in [0, 0.05) is 18.9 Å². The van der Waals surface area contributed by atoms with E-state index in [1.54, 1.807) is 7.11 Å². The lowest BCUT2D eigenvalue weighted by atomic mass is 10.1. The van der Waals surface area contributed by atoms with E-state index in [1.165, 1.54) is 6.92 Å². The minimum absolute atomic E-state index is 0.0150. The molecular weight excluding hydrogens is 368 g/mol. The van der Waals surface area contributed by atoms with E-state index >= 15 is 0 Å². The molecule has 4 rings (SSSR count). The number of ketones is 1. The normalized spacial score (nSPS) is 16.0. The Bertz CT molecular complexity index is 991. The highest BCUT2D eigenvalue weighted by Crippen LogP contribution is 2.34. The highest BCUT2D eigenvalue weighted by Gasteiger charge is 2.21. The molecule has 0 spiro atoms. The maximum atomic E-state index is 12.0. The fourth-order valence-corrected chi connectivity index (χ4v) is 3.41. The zero-order valence-electron chi connectivity index (χ0n) is 16.6. The summed E-state index contributed by atoms with van der Waals surface area (Å²) in [5.41, 5.74) is 3.32. The number of carbonyl (C=O) groups is 1. The number of nitrogens with zero attached hydrogens (tertiary/aromatic N) is 2. The summed E-state index contributed by atoms with van der Waals surface area (Å²) in [4.78, 5) is 12.0. The number of Topliss-reactive ketones (excluding diaryl/α,β-unsaturated/α-hetero) is 1. The summed E-state index contributed by atoms with van der Waals surface area (Å²) in [7, 11) is 1.63. The van der Waals surface area contributed by atoms with Crippen molar-refractivity contribution in [3.05, 3.63) is 65.9 Å². The number of hydrogen-bond donors (Lipinski definition) is 0. The van der Waals surface area contributed by atoms with E-state index in [2.05, 4.69) is 5.10 Å². The van der Waals surface area contributed by atoms with Crippen molar-refractivity contribution < 1.29 is 19.0 Å². The monoisotopic (exact) mass is 392 g/mol. The molecule has 1 aliphatic rings. The molecule has 6 heteroatoms. The lowest BCUT2D eigenvalue weighted by molar-refractivity contribution is 0.101. The molecule has 0 N–H and O–H groups in total. The highest BCUT2D eigenvalue weighted by molar-refractivity contribution is 5.93. The molecule has 0 aliphatic carbocycles. The third kappa shape index (κ3) is 4.32. The molecule has 1 atom stereocenters. The van der Waals surface area contributed by atoms with Crippen LogP contribution >= 0.6 is 0 Å². The molecule has 2 aromatic carbocycles. The predicted octanol–water partition coefficient (Wildman–Crippen LogP) is 3.98. The lowest BCUT2D eigenvalue weighted by Gasteiger charge is -2.16. The van der Waals surface area contributed by atoms with Gasteiger partial charge >= 0.3 is 0 Å². The van der Waals surface area contributed by atoms with Gasteiger partial charge in [-0.25, -0.2) is 0 Å². The van der Waals surface area contributed by atoms with Crippen LogP contribution in [-0.4, -0.2) is 42.0 Å². The summed E-state index contributed by atoms with van der Waals surface area (Å²) in [6.07, 6.45) is 0.870. The second-order valence-electron chi connectivity index (χ2n) is 7.08. The van der Waals surface area contributed by atoms with Crippen molar-refractivity contribution in [2.45, 2.75) is 26.0 Å². The molecule has 29 heavy (non-hydrogen) atoms. The summed E-state index contributed by atoms with van der Waals surface area (Å²) in [6, 6.07) is 17.7. The van der Waals surface area contributed by atoms with Gasteiger partial charge in [-0.15, -0.1) is 0 Å². The molecule has 1 unspecified atom stereocenters. The number of rotatable bonds is 7. The number of methoxy groups -OCH3 is 1. The average molecular weight is 392 g/mol. The molecular formula is C23H24N2O4. The van der Waals surface area contributed by atoms with Gasteiger partial charge < -0.3 is 14.2 Å². The van der Waals surface area contributed by atoms with Crippen molar-refractivity contribution in [1.82, 2.24) is 9.78 Å². The highest BCUT2D eigenvalue weighted by atomic mass is 16.6. The molecule has 1 saturated heterocycles. The number of aromatic nitrogens is 2. The molecule has 3 aromatic rings. The van der Waals surface area contributed by atoms with Crippen LogP contribution in [-0.2, 0) is 11.3 Å². The van der Waals surface area contributed by atoms with Gasteiger partial charge in [-0.2, -0.15) is 5.10 Å². The summed E-state index contributed by atoms with van der Waals surface area (Å²) >= 11 is 0. The van der Waals surface area contributed by atoms with Gasteiger partial charge in [0.1, 0.15) is 11.8 Å². The van der Waals surface area contributed by atoms with Crippen molar-refractivity contribution in [3.8, 4) is 22.8 Å². The van der Waals surface area contributed by atoms with E-state index in [1.807, 2.05) is 59.3 Å². The Balaban J connectivity index is 1.71. The van der Waals surface area contributed by atoms with Crippen LogP contribution < -0.4 is 9.47 Å². The Labute approximate surface area is 170 Å². The minimum atomic E-state index is -0.0637. The van der Waals surface area contributed by atoms with Gasteiger partial charge in [0.2, 0.25) is 0 Å². The SMILES string of the molecule is COc1ccc(-c2cc(C(C)=O)nn2Cc2ccccc2)cc1OC1CCOC1. The van der Waals surface area contributed by atoms with Crippen LogP contribution in [0.3, 0.4) is 0 Å². The Morgan fingerprint density at radius 1 is 1.17 bits per heavy atom. The van der Waals surface area contributed by atoms with Gasteiger partial charge in [-0.05, 0) is 29.8 Å². The first kappa shape index (κ1) is 19.2. The predicted molar refractivity (Wildman–Crippen MR) is 110 cm³/mol. The van der Waals surface area contributed by atoms with E-state index < -0.39 is 0 Å². The second-order valence-corrected chi connectivity index (χ2v) is 7.08. The molecule has 1 fully saturated rings. The quantitative estimate of drug-likeness (QED) is 0.569. The van der Waals surface area contributed by atoms with E-state index in [9.17, 15) is 4.79 Å². The van der Waals surface area contributed by atoms with Gasteiger partial charge in [0.15, 0.2) is 17.3 Å². The molecule has 1 aliphatic heterocycles. The molecule has 0 amide bonds. The maximum Gasteiger partial charge on any atom is 0.180 e. The third-order valence-electron chi connectivity index (χ3n) is 4.96. The van der Waals surface area contributed by atoms with E-state index in [0.29, 0.717) is 37.0 Å². The third-order valence-corrected chi connectivity index (χ3v) is 4.96. The largest absolute Gasteiger partial charge is 0.493 e. The summed E-state index contributed by atoms with van der Waals surface area (Å²) in [6.45, 7) is 3.38. The first-order chi connectivity index (χ1) is 14.1. The molecule has 0 radical (unpaired) electrons. The summed E-state index contributed by atoms with van der Waals surface area (Å²) in [5.74, 6) is 1.27. The summed E-state index contributed by atoms with van der Waals surface area (Å²) in [5, 5.41) is 4.53. The molecule has 0 saturated carbocycles. The summed E-state index contributed by atoms with van der Waals surface area (Å²) < 4.78 is 18.9. The van der Waals surface area contributed by atoms with Crippen LogP contribution in [0.5, 0.6) is 11.5 Å². The van der Waals surface area contributed by atoms with Gasteiger partial charge in [0.25, 0.3) is 0 Å². The van der Waals surface area contributed by atoms with Crippen molar-refractivity contribution >= 4 is 5.78 Å². The van der Waals surface area contributed by atoms with Crippen LogP contribution in [0.1, 0.15) is 29.4 Å². The van der Waals surface area contributed by atoms with Gasteiger partial charge in [0.05, 0.1) is 32.6 Å². The molecule has 1 aromatic heterocycles. The van der Waals surface area contributed by atoms with E-state index in [0.717, 1.165) is 23.2 Å². The first-order valence-corrected chi connectivity index (χ1v) is 9.69. The lowest BCUT2D eigenvalue weighted by Crippen LogP contribution is -2.16. The van der Waals surface area contributed by atoms with Crippen LogP contribution in [0.2, 0.25) is 0 Å². The van der Waals surface area contributed by atoms with E-state index in [-0.39, 0.29) is 11.9 Å². The standard InChI is InChI=1S/C23H24N2O4/c1-16(26)20-13-21(25(24-20)14-17-6-4-3-5-7-17)18-8-9-22(27-2)23(12-18)29-19-10-11-28-15-19/h3-9,12-13,19H,10-11,14-15H2,1-2H3. The average Bonchev–Trinajstić information content (AvgIpc) is 3.39. The minimum Gasteiger partial charge on any atom is -0.493 e. The van der Waals surface area contributed by atoms with Crippen LogP contribution in [0, 0.1) is 0 Å². The van der Waals surface area contributed by atoms with Crippen LogP contribution in [0.25, 0.3) is 11.3 Å². The smallest absolute Gasteiger partial charge is 0.180 e. The number of benzene rings is 2. The van der Waals surface area contributed by atoms with Gasteiger partial charge in [-0.3, -0.25) is 9.48 Å². The number of ether oxygens (including phenoxy) is 3. The molecule has 150 valence electrons. The Morgan fingerprint density at radius 2 is 2.00 bits per heavy atom. The Hall–Kier alpha value is -3.12. The zero-order valence-corrected chi connectivity index (χ0v) is 16.6. The fraction of sp³-hybridized carbons (Fsp3) is 0.304. The van der Waals surface area contributed by atoms with Crippen LogP contribution in [0.4, 0.5) is 0 Å². The zero-order chi connectivity index (χ0) is 20.2. The van der Waals surface area contributed by atoms with E-state index in [4.69, 9.17) is 14.2 Å². The Morgan fingerprint density at radius 3 is 2.69 bits per heavy atom. The van der Waals surface area contributed by atoms with Crippen molar-refractivity contribution in [2.24, 2.45) is 0 Å². The van der Waals surface area contributed by atoms with Crippen molar-refractivity contribution in [2.75, 3.05) is 20.3 Å². The number of hydrogen-bond acceptors (Lipinski definition) is 5.